The molecule has 3 aromatic carbocycles. The Hall–Kier alpha value is -2.74. The first kappa shape index (κ1) is 24.4. The van der Waals surface area contributed by atoms with Crippen LogP contribution < -0.4 is 14.5 Å². The summed E-state index contributed by atoms with van der Waals surface area (Å²) in [6.45, 7) is 1.63. The highest BCUT2D eigenvalue weighted by Crippen LogP contribution is 2.30. The molecule has 1 heterocycles. The average molecular weight is 518 g/mol. The van der Waals surface area contributed by atoms with Crippen molar-refractivity contribution in [1.82, 2.24) is 0 Å². The molecule has 0 aromatic heterocycles. The van der Waals surface area contributed by atoms with Crippen molar-refractivity contribution < 1.29 is 13.2 Å². The zero-order valence-corrected chi connectivity index (χ0v) is 20.8. The Bertz CT molecular complexity index is 1250. The van der Waals surface area contributed by atoms with E-state index in [9.17, 15) is 13.2 Å². The summed E-state index contributed by atoms with van der Waals surface area (Å²) in [4.78, 5) is 15.3. The van der Waals surface area contributed by atoms with E-state index < -0.39 is 22.5 Å². The van der Waals surface area contributed by atoms with Crippen LogP contribution in [0.1, 0.15) is 19.3 Å². The van der Waals surface area contributed by atoms with E-state index >= 15 is 0 Å². The molecule has 1 aliphatic rings. The van der Waals surface area contributed by atoms with Gasteiger partial charge in [-0.25, -0.2) is 8.42 Å². The fourth-order valence-electron chi connectivity index (χ4n) is 3.91. The summed E-state index contributed by atoms with van der Waals surface area (Å²) in [5.74, 6) is -0.476. The Morgan fingerprint density at radius 1 is 0.882 bits per heavy atom. The van der Waals surface area contributed by atoms with Crippen LogP contribution in [0.4, 0.5) is 17.1 Å². The molecule has 0 aliphatic carbocycles. The van der Waals surface area contributed by atoms with Gasteiger partial charge >= 0.3 is 0 Å². The van der Waals surface area contributed by atoms with Gasteiger partial charge < -0.3 is 10.2 Å². The van der Waals surface area contributed by atoms with E-state index in [1.807, 2.05) is 24.3 Å². The van der Waals surface area contributed by atoms with Gasteiger partial charge in [0.05, 0.1) is 20.6 Å². The number of nitrogens with one attached hydrogen (secondary N) is 1. The van der Waals surface area contributed by atoms with E-state index in [-0.39, 0.29) is 15.6 Å². The van der Waals surface area contributed by atoms with Crippen molar-refractivity contribution in [1.29, 1.82) is 0 Å². The van der Waals surface area contributed by atoms with Gasteiger partial charge in [-0.05, 0) is 73.9 Å². The smallest absolute Gasteiger partial charge is 0.264 e. The molecule has 0 bridgehead atoms. The lowest BCUT2D eigenvalue weighted by atomic mass is 10.1. The Kier molecular flexibility index (Phi) is 7.66. The van der Waals surface area contributed by atoms with Gasteiger partial charge in [-0.3, -0.25) is 9.10 Å². The topological polar surface area (TPSA) is 69.7 Å². The molecule has 0 unspecified atom stereocenters. The second-order valence-electron chi connectivity index (χ2n) is 8.07. The minimum Gasteiger partial charge on any atom is -0.372 e. The minimum atomic E-state index is -4.03. The number of benzene rings is 3. The predicted octanol–water partition coefficient (Wildman–Crippen LogP) is 5.82. The summed E-state index contributed by atoms with van der Waals surface area (Å²) in [6, 6.07) is 20.0. The first-order valence-electron chi connectivity index (χ1n) is 11.0. The number of carbonyl (C=O) groups excluding carboxylic acids is 1. The minimum absolute atomic E-state index is 0.0692. The Balaban J connectivity index is 1.55. The molecule has 34 heavy (non-hydrogen) atoms. The van der Waals surface area contributed by atoms with Gasteiger partial charge in [-0.15, -0.1) is 0 Å². The summed E-state index contributed by atoms with van der Waals surface area (Å²) in [5, 5.41) is 3.29. The Labute approximate surface area is 210 Å². The molecule has 1 fully saturated rings. The maximum Gasteiger partial charge on any atom is 0.264 e. The van der Waals surface area contributed by atoms with Crippen LogP contribution in [0, 0.1) is 0 Å². The van der Waals surface area contributed by atoms with E-state index in [1.165, 1.54) is 49.6 Å². The molecule has 0 atom stereocenters. The molecule has 9 heteroatoms. The Morgan fingerprint density at radius 2 is 1.56 bits per heavy atom. The third-order valence-electron chi connectivity index (χ3n) is 5.68. The van der Waals surface area contributed by atoms with E-state index in [0.717, 1.165) is 23.1 Å². The number of anilines is 3. The number of hydrogen-bond donors (Lipinski definition) is 1. The van der Waals surface area contributed by atoms with Crippen LogP contribution in [0.25, 0.3) is 0 Å². The first-order chi connectivity index (χ1) is 16.3. The van der Waals surface area contributed by atoms with E-state index in [2.05, 4.69) is 10.2 Å². The Morgan fingerprint density at radius 3 is 2.21 bits per heavy atom. The van der Waals surface area contributed by atoms with Gasteiger partial charge in [-0.1, -0.05) is 41.4 Å². The van der Waals surface area contributed by atoms with Crippen LogP contribution >= 0.6 is 23.2 Å². The molecule has 0 saturated carbocycles. The maximum absolute atomic E-state index is 13.4. The van der Waals surface area contributed by atoms with Crippen molar-refractivity contribution in [2.45, 2.75) is 24.2 Å². The first-order valence-corrected chi connectivity index (χ1v) is 13.2. The predicted molar refractivity (Wildman–Crippen MR) is 139 cm³/mol. The number of hydrogen-bond acceptors (Lipinski definition) is 4. The summed E-state index contributed by atoms with van der Waals surface area (Å²) >= 11 is 12.2. The van der Waals surface area contributed by atoms with Crippen LogP contribution in [0.15, 0.2) is 77.7 Å². The molecule has 1 saturated heterocycles. The maximum atomic E-state index is 13.4. The van der Waals surface area contributed by atoms with E-state index in [1.54, 1.807) is 18.2 Å². The number of carbonyl (C=O) groups is 1. The SMILES string of the molecule is O=C(CN(c1ccc(Cl)c(Cl)c1)S(=O)(=O)c1ccccc1)Nc1ccc(N2CCCCC2)cc1. The molecule has 3 aromatic rings. The zero-order valence-electron chi connectivity index (χ0n) is 18.5. The number of amides is 1. The standard InChI is InChI=1S/C25H25Cl2N3O3S/c26-23-14-13-21(17-24(23)27)30(34(32,33)22-7-3-1-4-8-22)18-25(31)28-19-9-11-20(12-10-19)29-15-5-2-6-16-29/h1,3-4,7-14,17H,2,5-6,15-16,18H2,(H,28,31). The van der Waals surface area contributed by atoms with Crippen LogP contribution in [-0.2, 0) is 14.8 Å². The zero-order chi connectivity index (χ0) is 24.1. The molecule has 1 amide bonds. The molecule has 1 aliphatic heterocycles. The highest BCUT2D eigenvalue weighted by Gasteiger charge is 2.27. The van der Waals surface area contributed by atoms with Crippen LogP contribution in [0.3, 0.4) is 0 Å². The molecule has 1 N–H and O–H groups in total. The molecule has 178 valence electrons. The highest BCUT2D eigenvalue weighted by atomic mass is 35.5. The number of piperidine rings is 1. The number of halogens is 2. The number of rotatable bonds is 7. The number of sulfonamides is 1. The van der Waals surface area contributed by atoms with E-state index in [4.69, 9.17) is 23.2 Å². The van der Waals surface area contributed by atoms with Gasteiger partial charge in [0.2, 0.25) is 5.91 Å². The molecule has 4 rings (SSSR count). The monoisotopic (exact) mass is 517 g/mol. The van der Waals surface area contributed by atoms with Crippen molar-refractivity contribution in [2.75, 3.05) is 34.2 Å². The molecular formula is C25H25Cl2N3O3S. The van der Waals surface area contributed by atoms with E-state index in [0.29, 0.717) is 10.7 Å². The molecule has 6 nitrogen and oxygen atoms in total. The van der Waals surface area contributed by atoms with Crippen molar-refractivity contribution in [2.24, 2.45) is 0 Å². The normalized spacial score (nSPS) is 14.0. The van der Waals surface area contributed by atoms with Crippen molar-refractivity contribution in [3.05, 3.63) is 82.8 Å². The van der Waals surface area contributed by atoms with Crippen molar-refractivity contribution in [3.63, 3.8) is 0 Å². The van der Waals surface area contributed by atoms with Gasteiger partial charge in [0.1, 0.15) is 6.54 Å². The molecule has 0 radical (unpaired) electrons. The summed E-state index contributed by atoms with van der Waals surface area (Å²) < 4.78 is 27.8. The van der Waals surface area contributed by atoms with Crippen LogP contribution in [0.5, 0.6) is 0 Å². The lowest BCUT2D eigenvalue weighted by Gasteiger charge is -2.29. The fraction of sp³-hybridized carbons (Fsp3) is 0.240. The van der Waals surface area contributed by atoms with Gasteiger partial charge in [0, 0.05) is 24.5 Å². The van der Waals surface area contributed by atoms with Gasteiger partial charge in [-0.2, -0.15) is 0 Å². The van der Waals surface area contributed by atoms with Crippen molar-refractivity contribution >= 4 is 56.2 Å². The van der Waals surface area contributed by atoms with Crippen LogP contribution in [0.2, 0.25) is 10.0 Å². The van der Waals surface area contributed by atoms with Gasteiger partial charge in [0.25, 0.3) is 10.0 Å². The van der Waals surface area contributed by atoms with Gasteiger partial charge in [0.15, 0.2) is 0 Å². The average Bonchev–Trinajstić information content (AvgIpc) is 2.86. The lowest BCUT2D eigenvalue weighted by molar-refractivity contribution is -0.114. The lowest BCUT2D eigenvalue weighted by Crippen LogP contribution is -2.38. The second-order valence-corrected chi connectivity index (χ2v) is 10.7. The van der Waals surface area contributed by atoms with Crippen LogP contribution in [-0.4, -0.2) is 34.0 Å². The fourth-order valence-corrected chi connectivity index (χ4v) is 5.64. The third-order valence-corrected chi connectivity index (χ3v) is 8.21. The third kappa shape index (κ3) is 5.66. The quantitative estimate of drug-likeness (QED) is 0.428. The summed E-state index contributed by atoms with van der Waals surface area (Å²) in [7, 11) is -4.03. The number of nitrogens with zero attached hydrogens (tertiary/aromatic N) is 2. The summed E-state index contributed by atoms with van der Waals surface area (Å²) in [6.07, 6.45) is 3.61. The molecular weight excluding hydrogens is 493 g/mol. The second kappa shape index (κ2) is 10.7. The summed E-state index contributed by atoms with van der Waals surface area (Å²) in [5.41, 5.74) is 1.95. The largest absolute Gasteiger partial charge is 0.372 e. The molecule has 0 spiro atoms. The highest BCUT2D eigenvalue weighted by molar-refractivity contribution is 7.92. The van der Waals surface area contributed by atoms with Crippen molar-refractivity contribution in [3.8, 4) is 0 Å².